The number of benzene rings is 2. The molecule has 3 atom stereocenters. The molecule has 3 N–H and O–H groups in total. The zero-order chi connectivity index (χ0) is 22.7. The van der Waals surface area contributed by atoms with Crippen LogP contribution in [0.2, 0.25) is 0 Å². The lowest BCUT2D eigenvalue weighted by Gasteiger charge is -2.25. The Bertz CT molecular complexity index is 1100. The maximum Gasteiger partial charge on any atom is 0.310 e. The average Bonchev–Trinajstić information content (AvgIpc) is 2.99. The topological polar surface area (TPSA) is 125 Å². The van der Waals surface area contributed by atoms with Crippen LogP contribution in [-0.4, -0.2) is 65.2 Å². The molecule has 9 heteroatoms. The summed E-state index contributed by atoms with van der Waals surface area (Å²) in [7, 11) is 0. The van der Waals surface area contributed by atoms with Gasteiger partial charge in [0.2, 0.25) is 18.1 Å². The minimum atomic E-state index is -1.40. The Labute approximate surface area is 184 Å². The summed E-state index contributed by atoms with van der Waals surface area (Å²) in [6.07, 6.45) is 2.31. The summed E-state index contributed by atoms with van der Waals surface area (Å²) in [5.74, 6) is -1.90. The van der Waals surface area contributed by atoms with Crippen LogP contribution in [0, 0.1) is 0 Å². The molecule has 2 aromatic rings. The van der Waals surface area contributed by atoms with Crippen molar-refractivity contribution in [2.24, 2.45) is 0 Å². The summed E-state index contributed by atoms with van der Waals surface area (Å²) in [5, 5.41) is 16.8. The Hall–Kier alpha value is -3.72. The number of nitrogens with one attached hydrogen (secondary N) is 2. The van der Waals surface area contributed by atoms with Gasteiger partial charge in [-0.1, -0.05) is 42.5 Å². The highest BCUT2D eigenvalue weighted by molar-refractivity contribution is 6.01. The molecule has 2 aliphatic heterocycles. The van der Waals surface area contributed by atoms with Gasteiger partial charge in [0.25, 0.3) is 5.91 Å². The maximum atomic E-state index is 13.0. The molecule has 1 fully saturated rings. The minimum Gasteiger partial charge on any atom is -0.434 e. The third-order valence-electron chi connectivity index (χ3n) is 5.45. The summed E-state index contributed by atoms with van der Waals surface area (Å²) in [5.41, 5.74) is 0.439. The van der Waals surface area contributed by atoms with Crippen molar-refractivity contribution >= 4 is 34.5 Å². The first kappa shape index (κ1) is 21.5. The molecule has 9 nitrogen and oxygen atoms in total. The fraction of sp³-hybridized carbons (Fsp3) is 0.304. The number of nitrogens with zero attached hydrogens (tertiary/aromatic N) is 1. The van der Waals surface area contributed by atoms with E-state index in [0.717, 1.165) is 10.8 Å². The molecule has 0 bridgehead atoms. The standard InChI is InChI=1S/C23H23N3O6/c27-19(24-18-12-20(28)32-23(18)31)13-26-10-4-3-7-17(22(26)30)25-21(29)16-9-8-14-5-1-2-6-15(14)11-16/h1-6,8-9,11,17-18,23,31H,7,10,12-13H2,(H,24,27)(H,25,29)/t17-,18-,23?/m0/s1. The van der Waals surface area contributed by atoms with E-state index in [0.29, 0.717) is 12.0 Å². The number of esters is 1. The zero-order valence-corrected chi connectivity index (χ0v) is 17.2. The number of fused-ring (bicyclic) bond motifs is 1. The molecule has 32 heavy (non-hydrogen) atoms. The fourth-order valence-electron chi connectivity index (χ4n) is 3.77. The van der Waals surface area contributed by atoms with Gasteiger partial charge in [0.05, 0.1) is 13.0 Å². The number of rotatable bonds is 5. The van der Waals surface area contributed by atoms with E-state index < -0.39 is 36.2 Å². The Morgan fingerprint density at radius 2 is 1.84 bits per heavy atom. The van der Waals surface area contributed by atoms with Gasteiger partial charge in [0.15, 0.2) is 0 Å². The maximum absolute atomic E-state index is 13.0. The summed E-state index contributed by atoms with van der Waals surface area (Å²) >= 11 is 0. The second kappa shape index (κ2) is 9.19. The predicted octanol–water partition coefficient (Wildman–Crippen LogP) is 0.477. The first-order valence-corrected chi connectivity index (χ1v) is 10.3. The van der Waals surface area contributed by atoms with Crippen molar-refractivity contribution < 1.29 is 29.0 Å². The summed E-state index contributed by atoms with van der Waals surface area (Å²) in [6, 6.07) is 11.3. The van der Waals surface area contributed by atoms with Crippen molar-refractivity contribution in [1.29, 1.82) is 0 Å². The van der Waals surface area contributed by atoms with Crippen molar-refractivity contribution in [2.75, 3.05) is 13.1 Å². The first-order chi connectivity index (χ1) is 15.4. The van der Waals surface area contributed by atoms with E-state index in [2.05, 4.69) is 15.4 Å². The van der Waals surface area contributed by atoms with Gasteiger partial charge in [-0.15, -0.1) is 0 Å². The van der Waals surface area contributed by atoms with Crippen molar-refractivity contribution in [2.45, 2.75) is 31.2 Å². The van der Waals surface area contributed by atoms with Gasteiger partial charge in [-0.2, -0.15) is 0 Å². The lowest BCUT2D eigenvalue weighted by molar-refractivity contribution is -0.155. The lowest BCUT2D eigenvalue weighted by atomic mass is 10.1. The molecule has 4 rings (SSSR count). The number of carbonyl (C=O) groups is 4. The normalized spacial score (nSPS) is 23.0. The quantitative estimate of drug-likeness (QED) is 0.462. The van der Waals surface area contributed by atoms with Crippen LogP contribution in [0.15, 0.2) is 54.6 Å². The van der Waals surface area contributed by atoms with Gasteiger partial charge < -0.3 is 25.4 Å². The molecule has 3 amide bonds. The summed E-state index contributed by atoms with van der Waals surface area (Å²) < 4.78 is 4.60. The smallest absolute Gasteiger partial charge is 0.310 e. The minimum absolute atomic E-state index is 0.134. The Balaban J connectivity index is 1.40. The Morgan fingerprint density at radius 1 is 1.06 bits per heavy atom. The second-order valence-corrected chi connectivity index (χ2v) is 7.77. The van der Waals surface area contributed by atoms with Gasteiger partial charge in [-0.25, -0.2) is 0 Å². The van der Waals surface area contributed by atoms with Crippen LogP contribution in [0.3, 0.4) is 0 Å². The number of amides is 3. The molecule has 2 aromatic carbocycles. The fourth-order valence-corrected chi connectivity index (χ4v) is 3.77. The van der Waals surface area contributed by atoms with Crippen LogP contribution in [0.5, 0.6) is 0 Å². The summed E-state index contributed by atoms with van der Waals surface area (Å²) in [6.45, 7) is -0.0693. The number of ether oxygens (including phenoxy) is 1. The van der Waals surface area contributed by atoms with Crippen molar-refractivity contribution in [3.8, 4) is 0 Å². The number of carbonyl (C=O) groups excluding carboxylic acids is 4. The molecule has 166 valence electrons. The van der Waals surface area contributed by atoms with E-state index in [1.165, 1.54) is 4.90 Å². The van der Waals surface area contributed by atoms with Gasteiger partial charge in [-0.3, -0.25) is 19.2 Å². The van der Waals surface area contributed by atoms with Gasteiger partial charge >= 0.3 is 5.97 Å². The van der Waals surface area contributed by atoms with E-state index in [1.807, 2.05) is 30.3 Å². The number of aliphatic hydroxyl groups excluding tert-OH is 1. The molecule has 1 unspecified atom stereocenters. The van der Waals surface area contributed by atoms with E-state index in [9.17, 15) is 24.3 Å². The van der Waals surface area contributed by atoms with E-state index in [-0.39, 0.29) is 25.4 Å². The van der Waals surface area contributed by atoms with E-state index >= 15 is 0 Å². The van der Waals surface area contributed by atoms with Crippen molar-refractivity contribution in [1.82, 2.24) is 15.5 Å². The van der Waals surface area contributed by atoms with Crippen LogP contribution >= 0.6 is 0 Å². The van der Waals surface area contributed by atoms with Gasteiger partial charge in [-0.05, 0) is 29.3 Å². The van der Waals surface area contributed by atoms with Gasteiger partial charge in [0, 0.05) is 12.1 Å². The number of cyclic esters (lactones) is 1. The predicted molar refractivity (Wildman–Crippen MR) is 114 cm³/mol. The molecule has 0 spiro atoms. The SMILES string of the molecule is O=C(CN1CC=CC[C@H](NC(=O)c2ccc3ccccc3c2)C1=O)N[C@H]1CC(=O)OC1O. The third kappa shape index (κ3) is 4.78. The molecule has 0 aliphatic carbocycles. The van der Waals surface area contributed by atoms with Gasteiger partial charge in [0.1, 0.15) is 12.1 Å². The highest BCUT2D eigenvalue weighted by Gasteiger charge is 2.35. The van der Waals surface area contributed by atoms with Crippen LogP contribution < -0.4 is 10.6 Å². The lowest BCUT2D eigenvalue weighted by Crippen LogP contribution is -2.51. The second-order valence-electron chi connectivity index (χ2n) is 7.77. The number of hydrogen-bond donors (Lipinski definition) is 3. The number of hydrogen-bond acceptors (Lipinski definition) is 6. The van der Waals surface area contributed by atoms with Crippen molar-refractivity contribution in [3.05, 3.63) is 60.2 Å². The van der Waals surface area contributed by atoms with Crippen molar-refractivity contribution in [3.63, 3.8) is 0 Å². The number of aliphatic hydroxyl groups is 1. The van der Waals surface area contributed by atoms with E-state index in [4.69, 9.17) is 0 Å². The highest BCUT2D eigenvalue weighted by Crippen LogP contribution is 2.17. The average molecular weight is 437 g/mol. The van der Waals surface area contributed by atoms with E-state index in [1.54, 1.807) is 24.3 Å². The highest BCUT2D eigenvalue weighted by atomic mass is 16.6. The summed E-state index contributed by atoms with van der Waals surface area (Å²) in [4.78, 5) is 50.7. The van der Waals surface area contributed by atoms with Crippen LogP contribution in [-0.2, 0) is 19.1 Å². The van der Waals surface area contributed by atoms with Crippen LogP contribution in [0.25, 0.3) is 10.8 Å². The third-order valence-corrected chi connectivity index (χ3v) is 5.45. The molecule has 2 aliphatic rings. The Kier molecular flexibility index (Phi) is 6.18. The monoisotopic (exact) mass is 437 g/mol. The first-order valence-electron chi connectivity index (χ1n) is 10.3. The molecule has 0 aromatic heterocycles. The molecule has 0 saturated carbocycles. The molecule has 0 radical (unpaired) electrons. The zero-order valence-electron chi connectivity index (χ0n) is 17.2. The van der Waals surface area contributed by atoms with Crippen LogP contribution in [0.1, 0.15) is 23.2 Å². The largest absolute Gasteiger partial charge is 0.434 e. The van der Waals surface area contributed by atoms with Crippen LogP contribution in [0.4, 0.5) is 0 Å². The Morgan fingerprint density at radius 3 is 2.59 bits per heavy atom. The molecule has 2 heterocycles. The molecular formula is C23H23N3O6. The molecule has 1 saturated heterocycles. The molecular weight excluding hydrogens is 414 g/mol.